The van der Waals surface area contributed by atoms with Gasteiger partial charge in [0.15, 0.2) is 11.0 Å². The normalized spacial score (nSPS) is 17.2. The molecule has 1 atom stereocenters. The number of carbonyl (C=O) groups is 2. The van der Waals surface area contributed by atoms with Crippen LogP contribution in [0.1, 0.15) is 35.4 Å². The van der Waals surface area contributed by atoms with Gasteiger partial charge in [0.25, 0.3) is 5.91 Å². The molecular formula is C21H21FN4O3S. The van der Waals surface area contributed by atoms with E-state index in [4.69, 9.17) is 4.42 Å². The molecule has 0 spiro atoms. The molecule has 4 rings (SSSR count). The van der Waals surface area contributed by atoms with Crippen LogP contribution in [0.5, 0.6) is 0 Å². The standard InChI is InChI=1S/C21H21FN4O3S/c1-13-16(10-12-29-13)18-23-24-21(25(18)2)30-17-5-3-4-11-26(20(17)28)19(27)14-6-8-15(22)9-7-14/h6-10,12,17H,3-5,11H2,1-2H3/t17-/m1/s1. The highest BCUT2D eigenvalue weighted by atomic mass is 32.2. The van der Waals surface area contributed by atoms with Crippen molar-refractivity contribution in [2.24, 2.45) is 7.05 Å². The summed E-state index contributed by atoms with van der Waals surface area (Å²) in [7, 11) is 1.84. The molecule has 0 radical (unpaired) electrons. The fourth-order valence-electron chi connectivity index (χ4n) is 3.46. The van der Waals surface area contributed by atoms with Crippen LogP contribution in [0.4, 0.5) is 4.39 Å². The van der Waals surface area contributed by atoms with Gasteiger partial charge in [0.1, 0.15) is 11.6 Å². The second-order valence-corrected chi connectivity index (χ2v) is 8.33. The maximum atomic E-state index is 13.2. The van der Waals surface area contributed by atoms with E-state index in [1.807, 2.05) is 24.6 Å². The van der Waals surface area contributed by atoms with Crippen molar-refractivity contribution in [3.63, 3.8) is 0 Å². The lowest BCUT2D eigenvalue weighted by atomic mass is 10.2. The van der Waals surface area contributed by atoms with Crippen LogP contribution in [0.2, 0.25) is 0 Å². The molecule has 9 heteroatoms. The maximum Gasteiger partial charge on any atom is 0.260 e. The first-order valence-electron chi connectivity index (χ1n) is 9.67. The minimum Gasteiger partial charge on any atom is -0.469 e. The molecule has 0 aliphatic carbocycles. The van der Waals surface area contributed by atoms with Crippen molar-refractivity contribution in [1.29, 1.82) is 0 Å². The summed E-state index contributed by atoms with van der Waals surface area (Å²) in [6.45, 7) is 2.20. The summed E-state index contributed by atoms with van der Waals surface area (Å²) in [4.78, 5) is 27.3. The minimum absolute atomic E-state index is 0.254. The number of amides is 2. The first-order valence-corrected chi connectivity index (χ1v) is 10.6. The molecule has 0 saturated carbocycles. The van der Waals surface area contributed by atoms with Gasteiger partial charge >= 0.3 is 0 Å². The molecule has 3 heterocycles. The van der Waals surface area contributed by atoms with E-state index in [2.05, 4.69) is 10.2 Å². The molecule has 2 aromatic heterocycles. The van der Waals surface area contributed by atoms with E-state index < -0.39 is 17.0 Å². The third kappa shape index (κ3) is 3.89. The Balaban J connectivity index is 1.55. The molecule has 1 fully saturated rings. The van der Waals surface area contributed by atoms with Gasteiger partial charge in [-0.1, -0.05) is 18.2 Å². The summed E-state index contributed by atoms with van der Waals surface area (Å²) in [6.07, 6.45) is 3.79. The van der Waals surface area contributed by atoms with Gasteiger partial charge in [0, 0.05) is 19.2 Å². The lowest BCUT2D eigenvalue weighted by molar-refractivity contribution is -0.127. The van der Waals surface area contributed by atoms with Crippen LogP contribution >= 0.6 is 11.8 Å². The summed E-state index contributed by atoms with van der Waals surface area (Å²) in [5.74, 6) is 0.317. The molecule has 2 amide bonds. The highest BCUT2D eigenvalue weighted by Gasteiger charge is 2.33. The van der Waals surface area contributed by atoms with Crippen molar-refractivity contribution in [2.45, 2.75) is 36.6 Å². The SMILES string of the molecule is Cc1occc1-c1nnc(S[C@@H]2CCCCN(C(=O)c3ccc(F)cc3)C2=O)n1C. The number of benzene rings is 1. The van der Waals surface area contributed by atoms with Crippen molar-refractivity contribution in [3.05, 3.63) is 53.7 Å². The van der Waals surface area contributed by atoms with Crippen LogP contribution in [0, 0.1) is 12.7 Å². The van der Waals surface area contributed by atoms with Gasteiger partial charge in [-0.2, -0.15) is 0 Å². The number of likely N-dealkylation sites (tertiary alicyclic amines) is 1. The Labute approximate surface area is 177 Å². The Morgan fingerprint density at radius 1 is 1.20 bits per heavy atom. The van der Waals surface area contributed by atoms with Gasteiger partial charge in [-0.15, -0.1) is 10.2 Å². The number of imide groups is 1. The third-order valence-electron chi connectivity index (χ3n) is 5.16. The van der Waals surface area contributed by atoms with E-state index in [0.717, 1.165) is 24.2 Å². The van der Waals surface area contributed by atoms with Crippen LogP contribution in [0.3, 0.4) is 0 Å². The number of halogens is 1. The molecule has 7 nitrogen and oxygen atoms in total. The van der Waals surface area contributed by atoms with Gasteiger partial charge in [-0.05, 0) is 50.1 Å². The lowest BCUT2D eigenvalue weighted by Crippen LogP contribution is -2.41. The van der Waals surface area contributed by atoms with Crippen molar-refractivity contribution in [1.82, 2.24) is 19.7 Å². The molecular weight excluding hydrogens is 407 g/mol. The number of aromatic nitrogens is 3. The fourth-order valence-corrected chi connectivity index (χ4v) is 4.56. The quantitative estimate of drug-likeness (QED) is 0.588. The molecule has 1 aliphatic rings. The second kappa shape index (κ2) is 8.43. The Hall–Kier alpha value is -2.94. The summed E-state index contributed by atoms with van der Waals surface area (Å²) in [6, 6.07) is 7.08. The smallest absolute Gasteiger partial charge is 0.260 e. The monoisotopic (exact) mass is 428 g/mol. The third-order valence-corrected chi connectivity index (χ3v) is 6.45. The average molecular weight is 428 g/mol. The van der Waals surface area contributed by atoms with Crippen LogP contribution in [-0.4, -0.2) is 43.3 Å². The van der Waals surface area contributed by atoms with E-state index in [0.29, 0.717) is 29.5 Å². The highest BCUT2D eigenvalue weighted by molar-refractivity contribution is 8.00. The topological polar surface area (TPSA) is 81.2 Å². The van der Waals surface area contributed by atoms with E-state index in [1.54, 1.807) is 6.26 Å². The number of rotatable bonds is 4. The molecule has 1 aromatic carbocycles. The van der Waals surface area contributed by atoms with Gasteiger partial charge in [-0.3, -0.25) is 14.5 Å². The van der Waals surface area contributed by atoms with Gasteiger partial charge in [-0.25, -0.2) is 4.39 Å². The Morgan fingerprint density at radius 3 is 2.67 bits per heavy atom. The fraction of sp³-hybridized carbons (Fsp3) is 0.333. The summed E-state index contributed by atoms with van der Waals surface area (Å²) < 4.78 is 20.4. The van der Waals surface area contributed by atoms with Crippen LogP contribution < -0.4 is 0 Å². The zero-order valence-corrected chi connectivity index (χ0v) is 17.5. The van der Waals surface area contributed by atoms with Gasteiger partial charge < -0.3 is 8.98 Å². The first kappa shape index (κ1) is 20.3. The summed E-state index contributed by atoms with van der Waals surface area (Å²) in [5, 5.41) is 8.65. The molecule has 0 bridgehead atoms. The van der Waals surface area contributed by atoms with Gasteiger partial charge in [0.2, 0.25) is 5.91 Å². The van der Waals surface area contributed by atoms with Gasteiger partial charge in [0.05, 0.1) is 17.1 Å². The number of aryl methyl sites for hydroxylation is 1. The molecule has 1 aliphatic heterocycles. The zero-order chi connectivity index (χ0) is 21.3. The first-order chi connectivity index (χ1) is 14.5. The van der Waals surface area contributed by atoms with Crippen LogP contribution in [0.25, 0.3) is 11.4 Å². The average Bonchev–Trinajstić information content (AvgIpc) is 3.26. The predicted octanol–water partition coefficient (Wildman–Crippen LogP) is 3.84. The number of thioether (sulfide) groups is 1. The van der Waals surface area contributed by atoms with Crippen molar-refractivity contribution in [3.8, 4) is 11.4 Å². The second-order valence-electron chi connectivity index (χ2n) is 7.16. The van der Waals surface area contributed by atoms with E-state index in [9.17, 15) is 14.0 Å². The number of hydrogen-bond acceptors (Lipinski definition) is 6. The summed E-state index contributed by atoms with van der Waals surface area (Å²) >= 11 is 1.31. The van der Waals surface area contributed by atoms with E-state index >= 15 is 0 Å². The predicted molar refractivity (Wildman–Crippen MR) is 109 cm³/mol. The molecule has 0 unspecified atom stereocenters. The minimum atomic E-state index is -0.446. The number of furan rings is 1. The zero-order valence-electron chi connectivity index (χ0n) is 16.7. The maximum absolute atomic E-state index is 13.2. The highest BCUT2D eigenvalue weighted by Crippen LogP contribution is 2.32. The number of nitrogens with zero attached hydrogens (tertiary/aromatic N) is 4. The van der Waals surface area contributed by atoms with Crippen molar-refractivity contribution < 1.29 is 18.4 Å². The van der Waals surface area contributed by atoms with E-state index in [1.165, 1.54) is 40.9 Å². The van der Waals surface area contributed by atoms with Crippen LogP contribution in [-0.2, 0) is 11.8 Å². The molecule has 3 aromatic rings. The number of hydrogen-bond donors (Lipinski definition) is 0. The Morgan fingerprint density at radius 2 is 1.97 bits per heavy atom. The van der Waals surface area contributed by atoms with Crippen molar-refractivity contribution in [2.75, 3.05) is 6.54 Å². The summed E-state index contributed by atoms with van der Waals surface area (Å²) in [5.41, 5.74) is 1.14. The lowest BCUT2D eigenvalue weighted by Gasteiger charge is -2.22. The molecule has 1 saturated heterocycles. The molecule has 156 valence electrons. The van der Waals surface area contributed by atoms with E-state index in [-0.39, 0.29) is 5.91 Å². The number of carbonyl (C=O) groups excluding carboxylic acids is 2. The Bertz CT molecular complexity index is 1080. The van der Waals surface area contributed by atoms with Crippen LogP contribution in [0.15, 0.2) is 46.2 Å². The Kier molecular flexibility index (Phi) is 5.72. The molecule has 0 N–H and O–H groups in total. The largest absolute Gasteiger partial charge is 0.469 e. The van der Waals surface area contributed by atoms with Crippen molar-refractivity contribution >= 4 is 23.6 Å². The molecule has 30 heavy (non-hydrogen) atoms.